The van der Waals surface area contributed by atoms with Crippen LogP contribution < -0.4 is 14.4 Å². The predicted molar refractivity (Wildman–Crippen MR) is 144 cm³/mol. The number of hydrogen-bond acceptors (Lipinski definition) is 5. The number of sulfonamides is 1. The number of amides is 2. The normalized spacial score (nSPS) is 12.5. The minimum absolute atomic E-state index is 0.0410. The highest BCUT2D eigenvalue weighted by molar-refractivity contribution is 7.92. The van der Waals surface area contributed by atoms with Gasteiger partial charge < -0.3 is 15.0 Å². The quantitative estimate of drug-likeness (QED) is 0.463. The van der Waals surface area contributed by atoms with Crippen LogP contribution in [0.4, 0.5) is 5.69 Å². The Bertz CT molecular complexity index is 1160. The van der Waals surface area contributed by atoms with Crippen LogP contribution in [0.15, 0.2) is 48.5 Å². The summed E-state index contributed by atoms with van der Waals surface area (Å²) in [5, 5.41) is 3.38. The van der Waals surface area contributed by atoms with Crippen molar-refractivity contribution in [3.63, 3.8) is 0 Å². The van der Waals surface area contributed by atoms with Crippen LogP contribution in [0.2, 0.25) is 5.02 Å². The number of nitrogens with one attached hydrogen (secondary N) is 1. The number of anilines is 1. The van der Waals surface area contributed by atoms with Crippen molar-refractivity contribution in [2.75, 3.05) is 23.7 Å². The van der Waals surface area contributed by atoms with Gasteiger partial charge in [-0.05, 0) is 57.9 Å². The summed E-state index contributed by atoms with van der Waals surface area (Å²) in [5.41, 5.74) is 0.383. The van der Waals surface area contributed by atoms with Crippen molar-refractivity contribution in [3.8, 4) is 5.75 Å². The molecule has 0 aliphatic heterocycles. The standard InChI is InChI=1S/C26H36ClN3O5S/c1-7-21(25(32)28-26(3,4)5)29(17-19-13-9-10-14-20(19)27)24(31)18-30(36(6,33)34)22-15-11-12-16-23(22)35-8-2/h9-16,21H,7-8,17-18H2,1-6H3,(H,28,32)/t21-/m0/s1. The Morgan fingerprint density at radius 2 is 1.67 bits per heavy atom. The van der Waals surface area contributed by atoms with Gasteiger partial charge in [-0.25, -0.2) is 8.42 Å². The summed E-state index contributed by atoms with van der Waals surface area (Å²) in [4.78, 5) is 28.4. The third kappa shape index (κ3) is 8.13. The highest BCUT2D eigenvalue weighted by Gasteiger charge is 2.34. The van der Waals surface area contributed by atoms with E-state index in [4.69, 9.17) is 16.3 Å². The number of halogens is 1. The fourth-order valence-corrected chi connectivity index (χ4v) is 4.77. The van der Waals surface area contributed by atoms with Gasteiger partial charge in [0.1, 0.15) is 18.3 Å². The van der Waals surface area contributed by atoms with Crippen molar-refractivity contribution >= 4 is 39.1 Å². The van der Waals surface area contributed by atoms with Crippen molar-refractivity contribution in [2.45, 2.75) is 59.2 Å². The van der Waals surface area contributed by atoms with Crippen LogP contribution in [-0.4, -0.2) is 56.1 Å². The predicted octanol–water partition coefficient (Wildman–Crippen LogP) is 4.23. The van der Waals surface area contributed by atoms with E-state index in [0.29, 0.717) is 29.4 Å². The molecule has 2 rings (SSSR count). The number of para-hydroxylation sites is 2. The van der Waals surface area contributed by atoms with E-state index in [2.05, 4.69) is 5.32 Å². The molecule has 0 saturated heterocycles. The second-order valence-corrected chi connectivity index (χ2v) is 11.8. The van der Waals surface area contributed by atoms with Gasteiger partial charge in [0.25, 0.3) is 0 Å². The topological polar surface area (TPSA) is 96.0 Å². The fraction of sp³-hybridized carbons (Fsp3) is 0.462. The van der Waals surface area contributed by atoms with Crippen molar-refractivity contribution in [1.82, 2.24) is 10.2 Å². The third-order valence-corrected chi connectivity index (χ3v) is 6.79. The van der Waals surface area contributed by atoms with E-state index in [1.165, 1.54) is 4.90 Å². The van der Waals surface area contributed by atoms with Crippen LogP contribution in [0, 0.1) is 0 Å². The monoisotopic (exact) mass is 537 g/mol. The first kappa shape index (κ1) is 29.5. The maximum atomic E-state index is 13.8. The fourth-order valence-electron chi connectivity index (χ4n) is 3.72. The molecule has 36 heavy (non-hydrogen) atoms. The Kier molecular flexibility index (Phi) is 10.2. The molecule has 0 aromatic heterocycles. The van der Waals surface area contributed by atoms with Crippen LogP contribution in [0.25, 0.3) is 0 Å². The Morgan fingerprint density at radius 1 is 1.06 bits per heavy atom. The van der Waals surface area contributed by atoms with Crippen LogP contribution in [0.5, 0.6) is 5.75 Å². The van der Waals surface area contributed by atoms with E-state index in [-0.39, 0.29) is 18.1 Å². The molecule has 0 unspecified atom stereocenters. The number of carbonyl (C=O) groups is 2. The molecule has 2 aromatic carbocycles. The lowest BCUT2D eigenvalue weighted by Crippen LogP contribution is -2.55. The van der Waals surface area contributed by atoms with Gasteiger partial charge in [0.2, 0.25) is 21.8 Å². The van der Waals surface area contributed by atoms with Gasteiger partial charge in [0, 0.05) is 17.1 Å². The molecule has 0 bridgehead atoms. The van der Waals surface area contributed by atoms with Gasteiger partial charge in [-0.2, -0.15) is 0 Å². The van der Waals surface area contributed by atoms with E-state index >= 15 is 0 Å². The maximum Gasteiger partial charge on any atom is 0.244 e. The first-order valence-corrected chi connectivity index (χ1v) is 14.1. The average molecular weight is 538 g/mol. The zero-order valence-corrected chi connectivity index (χ0v) is 23.3. The molecular formula is C26H36ClN3O5S. The number of rotatable bonds is 11. The molecule has 0 saturated carbocycles. The zero-order valence-electron chi connectivity index (χ0n) is 21.7. The van der Waals surface area contributed by atoms with E-state index in [1.807, 2.05) is 20.8 Å². The lowest BCUT2D eigenvalue weighted by Gasteiger charge is -2.34. The molecule has 8 nitrogen and oxygen atoms in total. The number of hydrogen-bond donors (Lipinski definition) is 1. The number of benzene rings is 2. The van der Waals surface area contributed by atoms with E-state index < -0.39 is 34.1 Å². The highest BCUT2D eigenvalue weighted by atomic mass is 35.5. The summed E-state index contributed by atoms with van der Waals surface area (Å²) < 4.78 is 32.3. The summed E-state index contributed by atoms with van der Waals surface area (Å²) in [5.74, 6) is -0.526. The van der Waals surface area contributed by atoms with Crippen molar-refractivity contribution < 1.29 is 22.7 Å². The molecule has 198 valence electrons. The molecule has 0 radical (unpaired) electrons. The average Bonchev–Trinajstić information content (AvgIpc) is 2.77. The maximum absolute atomic E-state index is 13.8. The second kappa shape index (κ2) is 12.5. The van der Waals surface area contributed by atoms with Gasteiger partial charge in [-0.3, -0.25) is 13.9 Å². The first-order valence-electron chi connectivity index (χ1n) is 11.8. The zero-order chi connectivity index (χ0) is 27.1. The third-order valence-electron chi connectivity index (χ3n) is 5.30. The molecule has 2 amide bonds. The molecule has 0 heterocycles. The molecule has 1 N–H and O–H groups in total. The second-order valence-electron chi connectivity index (χ2n) is 9.45. The van der Waals surface area contributed by atoms with Gasteiger partial charge in [-0.15, -0.1) is 0 Å². The van der Waals surface area contributed by atoms with Crippen molar-refractivity contribution in [3.05, 3.63) is 59.1 Å². The summed E-state index contributed by atoms with van der Waals surface area (Å²) in [6.45, 7) is 9.02. The first-order chi connectivity index (χ1) is 16.8. The Labute approximate surface area is 219 Å². The Balaban J connectivity index is 2.52. The molecule has 0 spiro atoms. The molecular weight excluding hydrogens is 502 g/mol. The van der Waals surface area contributed by atoms with Crippen LogP contribution in [-0.2, 0) is 26.2 Å². The molecule has 0 fully saturated rings. The summed E-state index contributed by atoms with van der Waals surface area (Å²) in [6.07, 6.45) is 1.36. The highest BCUT2D eigenvalue weighted by Crippen LogP contribution is 2.30. The summed E-state index contributed by atoms with van der Waals surface area (Å²) in [7, 11) is -3.87. The van der Waals surface area contributed by atoms with E-state index in [9.17, 15) is 18.0 Å². The van der Waals surface area contributed by atoms with Gasteiger partial charge in [0.05, 0.1) is 18.6 Å². The summed E-state index contributed by atoms with van der Waals surface area (Å²) in [6, 6.07) is 12.8. The lowest BCUT2D eigenvalue weighted by molar-refractivity contribution is -0.141. The molecule has 1 atom stereocenters. The lowest BCUT2D eigenvalue weighted by atomic mass is 10.1. The molecule has 0 aliphatic rings. The smallest absolute Gasteiger partial charge is 0.244 e. The van der Waals surface area contributed by atoms with Crippen molar-refractivity contribution in [1.29, 1.82) is 0 Å². The van der Waals surface area contributed by atoms with Gasteiger partial charge >= 0.3 is 0 Å². The molecule has 0 aliphatic carbocycles. The molecule has 2 aromatic rings. The van der Waals surface area contributed by atoms with E-state index in [0.717, 1.165) is 10.6 Å². The van der Waals surface area contributed by atoms with Gasteiger partial charge in [0.15, 0.2) is 0 Å². The Hall–Kier alpha value is -2.78. The van der Waals surface area contributed by atoms with Crippen molar-refractivity contribution in [2.24, 2.45) is 0 Å². The minimum Gasteiger partial charge on any atom is -0.492 e. The Morgan fingerprint density at radius 3 is 2.22 bits per heavy atom. The van der Waals surface area contributed by atoms with Crippen LogP contribution in [0.3, 0.4) is 0 Å². The summed E-state index contributed by atoms with van der Waals surface area (Å²) >= 11 is 6.38. The van der Waals surface area contributed by atoms with Crippen LogP contribution >= 0.6 is 11.6 Å². The minimum atomic E-state index is -3.87. The van der Waals surface area contributed by atoms with Crippen LogP contribution in [0.1, 0.15) is 46.6 Å². The van der Waals surface area contributed by atoms with Gasteiger partial charge in [-0.1, -0.05) is 48.9 Å². The number of nitrogens with zero attached hydrogens (tertiary/aromatic N) is 2. The number of carbonyl (C=O) groups excluding carboxylic acids is 2. The largest absolute Gasteiger partial charge is 0.492 e. The number of ether oxygens (including phenoxy) is 1. The molecule has 10 heteroatoms. The SMILES string of the molecule is CCOc1ccccc1N(CC(=O)N(Cc1ccccc1Cl)[C@@H](CC)C(=O)NC(C)(C)C)S(C)(=O)=O. The van der Waals surface area contributed by atoms with E-state index in [1.54, 1.807) is 62.4 Å².